The van der Waals surface area contributed by atoms with Crippen LogP contribution in [-0.2, 0) is 16.3 Å². The highest BCUT2D eigenvalue weighted by molar-refractivity contribution is 7.98. The Balaban J connectivity index is 1.52. The predicted molar refractivity (Wildman–Crippen MR) is 98.4 cm³/mol. The van der Waals surface area contributed by atoms with E-state index in [1.165, 1.54) is 31.2 Å². The molecule has 1 aliphatic carbocycles. The number of aromatic nitrogens is 2. The zero-order chi connectivity index (χ0) is 16.4. The SMILES string of the molecule is O=C(CCC1CCCC1)Nc1c2c(nn1-c1ccccc1)CSC2. The molecule has 2 heterocycles. The molecule has 2 aliphatic rings. The van der Waals surface area contributed by atoms with Crippen LogP contribution in [0.15, 0.2) is 30.3 Å². The van der Waals surface area contributed by atoms with Gasteiger partial charge in [0.2, 0.25) is 5.91 Å². The van der Waals surface area contributed by atoms with Gasteiger partial charge in [-0.3, -0.25) is 4.79 Å². The van der Waals surface area contributed by atoms with Gasteiger partial charge < -0.3 is 5.32 Å². The van der Waals surface area contributed by atoms with Gasteiger partial charge in [0.25, 0.3) is 0 Å². The third-order valence-corrected chi connectivity index (χ3v) is 6.04. The summed E-state index contributed by atoms with van der Waals surface area (Å²) in [5.41, 5.74) is 3.30. The van der Waals surface area contributed by atoms with Crippen molar-refractivity contribution in [3.63, 3.8) is 0 Å². The fourth-order valence-corrected chi connectivity index (χ4v) is 4.76. The minimum absolute atomic E-state index is 0.124. The number of para-hydroxylation sites is 1. The fraction of sp³-hybridized carbons (Fsp3) is 0.474. The first kappa shape index (κ1) is 15.8. The zero-order valence-electron chi connectivity index (χ0n) is 13.8. The van der Waals surface area contributed by atoms with E-state index in [4.69, 9.17) is 5.10 Å². The Morgan fingerprint density at radius 2 is 2.00 bits per heavy atom. The monoisotopic (exact) mass is 341 g/mol. The minimum atomic E-state index is 0.124. The van der Waals surface area contributed by atoms with Gasteiger partial charge in [-0.2, -0.15) is 16.9 Å². The maximum atomic E-state index is 12.5. The van der Waals surface area contributed by atoms with Crippen LogP contribution in [0.25, 0.3) is 5.69 Å². The molecule has 0 unspecified atom stereocenters. The van der Waals surface area contributed by atoms with Crippen molar-refractivity contribution >= 4 is 23.5 Å². The molecule has 2 aromatic rings. The average Bonchev–Trinajstić information content (AvgIpc) is 3.33. The number of thioether (sulfide) groups is 1. The summed E-state index contributed by atoms with van der Waals surface area (Å²) in [5, 5.41) is 7.89. The van der Waals surface area contributed by atoms with Crippen molar-refractivity contribution in [3.05, 3.63) is 41.6 Å². The molecular weight excluding hydrogens is 318 g/mol. The number of hydrogen-bond donors (Lipinski definition) is 1. The van der Waals surface area contributed by atoms with Crippen LogP contribution in [0.1, 0.15) is 49.8 Å². The maximum Gasteiger partial charge on any atom is 0.225 e. The van der Waals surface area contributed by atoms with Crippen molar-refractivity contribution in [3.8, 4) is 5.69 Å². The van der Waals surface area contributed by atoms with Crippen LogP contribution in [0.5, 0.6) is 0 Å². The van der Waals surface area contributed by atoms with Crippen molar-refractivity contribution in [1.82, 2.24) is 9.78 Å². The second-order valence-electron chi connectivity index (χ2n) is 6.75. The van der Waals surface area contributed by atoms with E-state index in [0.29, 0.717) is 6.42 Å². The van der Waals surface area contributed by atoms with E-state index in [1.807, 2.05) is 46.8 Å². The van der Waals surface area contributed by atoms with Gasteiger partial charge in [0.05, 0.1) is 11.4 Å². The second kappa shape index (κ2) is 7.01. The molecule has 24 heavy (non-hydrogen) atoms. The predicted octanol–water partition coefficient (Wildman–Crippen LogP) is 4.53. The first-order valence-electron chi connectivity index (χ1n) is 8.85. The number of carbonyl (C=O) groups is 1. The van der Waals surface area contributed by atoms with Gasteiger partial charge in [-0.25, -0.2) is 4.68 Å². The first-order valence-corrected chi connectivity index (χ1v) is 10.0. The number of hydrogen-bond acceptors (Lipinski definition) is 3. The number of fused-ring (bicyclic) bond motifs is 1. The summed E-state index contributed by atoms with van der Waals surface area (Å²) in [6.07, 6.45) is 6.88. The molecule has 0 spiro atoms. The molecular formula is C19H23N3OS. The van der Waals surface area contributed by atoms with Gasteiger partial charge in [-0.15, -0.1) is 0 Å². The van der Waals surface area contributed by atoms with E-state index in [1.54, 1.807) is 0 Å². The number of rotatable bonds is 5. The van der Waals surface area contributed by atoms with Crippen LogP contribution in [0.2, 0.25) is 0 Å². The number of carbonyl (C=O) groups excluding carboxylic acids is 1. The lowest BCUT2D eigenvalue weighted by Gasteiger charge is -2.12. The Hall–Kier alpha value is -1.75. The van der Waals surface area contributed by atoms with Crippen molar-refractivity contribution in [2.24, 2.45) is 5.92 Å². The maximum absolute atomic E-state index is 12.5. The van der Waals surface area contributed by atoms with Gasteiger partial charge in [-0.1, -0.05) is 43.9 Å². The molecule has 1 saturated carbocycles. The molecule has 0 radical (unpaired) electrons. The molecule has 1 aromatic carbocycles. The van der Waals surface area contributed by atoms with Crippen LogP contribution in [-0.4, -0.2) is 15.7 Å². The van der Waals surface area contributed by atoms with Crippen LogP contribution >= 0.6 is 11.8 Å². The molecule has 4 nitrogen and oxygen atoms in total. The standard InChI is InChI=1S/C19H23N3OS/c23-18(11-10-14-6-4-5-7-14)20-19-16-12-24-13-17(16)21-22(19)15-8-2-1-3-9-15/h1-3,8-9,14H,4-7,10-13H2,(H,20,23). The first-order chi connectivity index (χ1) is 11.8. The number of anilines is 1. The quantitative estimate of drug-likeness (QED) is 0.869. The molecule has 0 atom stereocenters. The third-order valence-electron chi connectivity index (χ3n) is 5.06. The Morgan fingerprint density at radius 3 is 2.79 bits per heavy atom. The smallest absolute Gasteiger partial charge is 0.225 e. The summed E-state index contributed by atoms with van der Waals surface area (Å²) >= 11 is 1.86. The molecule has 0 saturated heterocycles. The largest absolute Gasteiger partial charge is 0.310 e. The zero-order valence-corrected chi connectivity index (χ0v) is 14.6. The highest BCUT2D eigenvalue weighted by atomic mass is 32.2. The molecule has 1 N–H and O–H groups in total. The van der Waals surface area contributed by atoms with Gasteiger partial charge in [0.1, 0.15) is 5.82 Å². The van der Waals surface area contributed by atoms with Crippen LogP contribution < -0.4 is 5.32 Å². The van der Waals surface area contributed by atoms with Gasteiger partial charge >= 0.3 is 0 Å². The van der Waals surface area contributed by atoms with Crippen LogP contribution in [0.4, 0.5) is 5.82 Å². The van der Waals surface area contributed by atoms with E-state index in [-0.39, 0.29) is 5.91 Å². The summed E-state index contributed by atoms with van der Waals surface area (Å²) in [6.45, 7) is 0. The molecule has 5 heteroatoms. The number of nitrogens with one attached hydrogen (secondary N) is 1. The van der Waals surface area contributed by atoms with Crippen molar-refractivity contribution in [2.45, 2.75) is 50.0 Å². The van der Waals surface area contributed by atoms with Crippen molar-refractivity contribution in [1.29, 1.82) is 0 Å². The summed E-state index contributed by atoms with van der Waals surface area (Å²) in [5.74, 6) is 3.60. The second-order valence-corrected chi connectivity index (χ2v) is 7.74. The summed E-state index contributed by atoms with van der Waals surface area (Å²) in [4.78, 5) is 12.5. The van der Waals surface area contributed by atoms with E-state index >= 15 is 0 Å². The Labute approximate surface area is 147 Å². The number of benzene rings is 1. The Kier molecular flexibility index (Phi) is 4.60. The van der Waals surface area contributed by atoms with E-state index in [0.717, 1.165) is 41.0 Å². The molecule has 1 amide bonds. The normalized spacial score (nSPS) is 17.2. The summed E-state index contributed by atoms with van der Waals surface area (Å²) < 4.78 is 1.90. The lowest BCUT2D eigenvalue weighted by molar-refractivity contribution is -0.116. The lowest BCUT2D eigenvalue weighted by Crippen LogP contribution is -2.16. The van der Waals surface area contributed by atoms with Gasteiger partial charge in [0, 0.05) is 23.5 Å². The van der Waals surface area contributed by atoms with E-state index in [2.05, 4.69) is 5.32 Å². The summed E-state index contributed by atoms with van der Waals surface area (Å²) in [7, 11) is 0. The van der Waals surface area contributed by atoms with E-state index < -0.39 is 0 Å². The van der Waals surface area contributed by atoms with E-state index in [9.17, 15) is 4.79 Å². The molecule has 1 aromatic heterocycles. The van der Waals surface area contributed by atoms with Gasteiger partial charge in [0.15, 0.2) is 0 Å². The highest BCUT2D eigenvalue weighted by Crippen LogP contribution is 2.36. The molecule has 1 fully saturated rings. The number of nitrogens with zero attached hydrogens (tertiary/aromatic N) is 2. The highest BCUT2D eigenvalue weighted by Gasteiger charge is 2.25. The van der Waals surface area contributed by atoms with Crippen LogP contribution in [0.3, 0.4) is 0 Å². The third kappa shape index (κ3) is 3.22. The molecule has 126 valence electrons. The lowest BCUT2D eigenvalue weighted by atomic mass is 10.0. The molecule has 1 aliphatic heterocycles. The summed E-state index contributed by atoms with van der Waals surface area (Å²) in [6, 6.07) is 10.1. The fourth-order valence-electron chi connectivity index (χ4n) is 3.73. The molecule has 4 rings (SSSR count). The minimum Gasteiger partial charge on any atom is -0.310 e. The Morgan fingerprint density at radius 1 is 1.21 bits per heavy atom. The van der Waals surface area contributed by atoms with Gasteiger partial charge in [-0.05, 0) is 24.5 Å². The average molecular weight is 341 g/mol. The Bertz CT molecular complexity index is 720. The molecule has 0 bridgehead atoms. The van der Waals surface area contributed by atoms with Crippen molar-refractivity contribution < 1.29 is 4.79 Å². The van der Waals surface area contributed by atoms with Crippen molar-refractivity contribution in [2.75, 3.05) is 5.32 Å². The topological polar surface area (TPSA) is 46.9 Å². The van der Waals surface area contributed by atoms with Crippen LogP contribution in [0, 0.1) is 5.92 Å². The number of amides is 1.